The lowest BCUT2D eigenvalue weighted by atomic mass is 9.88. The summed E-state index contributed by atoms with van der Waals surface area (Å²) < 4.78 is 5.19. The van der Waals surface area contributed by atoms with Crippen LogP contribution in [-0.2, 0) is 11.2 Å². The number of hydrogen-bond donors (Lipinski definition) is 0. The lowest BCUT2D eigenvalue weighted by Gasteiger charge is -2.24. The number of hydrogen-bond acceptors (Lipinski definition) is 3. The molecule has 0 aromatic heterocycles. The molecule has 0 aliphatic carbocycles. The summed E-state index contributed by atoms with van der Waals surface area (Å²) in [4.78, 5) is 11.9. The summed E-state index contributed by atoms with van der Waals surface area (Å²) in [5.41, 5.74) is 2.16. The second-order valence-corrected chi connectivity index (χ2v) is 6.42. The molecule has 21 heavy (non-hydrogen) atoms. The maximum Gasteiger partial charge on any atom is 0.430 e. The van der Waals surface area contributed by atoms with Gasteiger partial charge in [-0.25, -0.2) is 4.79 Å². The van der Waals surface area contributed by atoms with E-state index >= 15 is 0 Å². The molecule has 4 heteroatoms. The summed E-state index contributed by atoms with van der Waals surface area (Å²) in [7, 11) is 0. The van der Waals surface area contributed by atoms with Crippen molar-refractivity contribution in [1.29, 1.82) is 0 Å². The molecule has 0 radical (unpaired) electrons. The van der Waals surface area contributed by atoms with Crippen LogP contribution in [0.1, 0.15) is 39.7 Å². The van der Waals surface area contributed by atoms with Crippen molar-refractivity contribution in [3.8, 4) is 0 Å². The average Bonchev–Trinajstić information content (AvgIpc) is 2.77. The Bertz CT molecular complexity index is 517. The molecule has 4 nitrogen and oxygen atoms in total. The van der Waals surface area contributed by atoms with Crippen molar-refractivity contribution in [2.75, 3.05) is 6.61 Å². The Hall–Kier alpha value is -1.84. The first-order chi connectivity index (χ1) is 9.91. The van der Waals surface area contributed by atoms with Crippen LogP contribution in [0, 0.1) is 5.41 Å². The number of nitrogens with zero attached hydrogens (tertiary/aromatic N) is 2. The Morgan fingerprint density at radius 3 is 2.57 bits per heavy atom. The lowest BCUT2D eigenvalue weighted by molar-refractivity contribution is 0.158. The molecule has 0 saturated carbocycles. The Balaban J connectivity index is 2.19. The molecular weight excluding hydrogens is 264 g/mol. The molecule has 1 heterocycles. The van der Waals surface area contributed by atoms with Crippen LogP contribution in [0.5, 0.6) is 0 Å². The molecular formula is C17H24N2O2. The van der Waals surface area contributed by atoms with Gasteiger partial charge < -0.3 is 4.74 Å². The smallest absolute Gasteiger partial charge is 0.430 e. The molecule has 114 valence electrons. The molecule has 1 aliphatic rings. The van der Waals surface area contributed by atoms with Crippen molar-refractivity contribution in [2.45, 2.75) is 46.6 Å². The second-order valence-electron chi connectivity index (χ2n) is 6.42. The van der Waals surface area contributed by atoms with Crippen LogP contribution in [0.25, 0.3) is 0 Å². The highest BCUT2D eigenvalue weighted by Gasteiger charge is 2.34. The molecule has 1 amide bonds. The van der Waals surface area contributed by atoms with Crippen LogP contribution in [0.3, 0.4) is 0 Å². The predicted molar refractivity (Wildman–Crippen MR) is 84.3 cm³/mol. The van der Waals surface area contributed by atoms with Gasteiger partial charge in [-0.1, -0.05) is 58.0 Å². The van der Waals surface area contributed by atoms with Crippen LogP contribution < -0.4 is 0 Å². The zero-order valence-corrected chi connectivity index (χ0v) is 13.3. The fourth-order valence-corrected chi connectivity index (χ4v) is 2.49. The van der Waals surface area contributed by atoms with Gasteiger partial charge in [0.2, 0.25) is 0 Å². The summed E-state index contributed by atoms with van der Waals surface area (Å²) in [6.45, 7) is 8.81. The number of carbonyl (C=O) groups excluding carboxylic acids is 1. The number of rotatable bonds is 4. The Kier molecular flexibility index (Phi) is 4.66. The molecule has 1 atom stereocenters. The van der Waals surface area contributed by atoms with Crippen molar-refractivity contribution in [2.24, 2.45) is 10.5 Å². The Labute approximate surface area is 126 Å². The summed E-state index contributed by atoms with van der Waals surface area (Å²) >= 11 is 0. The number of ether oxygens (including phenoxy) is 1. The van der Waals surface area contributed by atoms with Crippen molar-refractivity contribution in [3.63, 3.8) is 0 Å². The van der Waals surface area contributed by atoms with Crippen LogP contribution in [0.2, 0.25) is 0 Å². The van der Waals surface area contributed by atoms with Gasteiger partial charge in [0.25, 0.3) is 0 Å². The SMILES string of the molecule is CC/C(=N\N1C(=O)OC[C@@H]1Cc1ccccc1)C(C)(C)C. The summed E-state index contributed by atoms with van der Waals surface area (Å²) in [6, 6.07) is 10.1. The van der Waals surface area contributed by atoms with Gasteiger partial charge in [0.05, 0.1) is 6.04 Å². The average molecular weight is 288 g/mol. The molecule has 0 spiro atoms. The van der Waals surface area contributed by atoms with E-state index in [1.165, 1.54) is 10.6 Å². The van der Waals surface area contributed by atoms with Crippen molar-refractivity contribution >= 4 is 11.8 Å². The normalized spacial score (nSPS) is 19.8. The van der Waals surface area contributed by atoms with E-state index in [-0.39, 0.29) is 17.6 Å². The summed E-state index contributed by atoms with van der Waals surface area (Å²) in [5.74, 6) is 0. The number of benzene rings is 1. The van der Waals surface area contributed by atoms with Gasteiger partial charge >= 0.3 is 6.09 Å². The molecule has 0 bridgehead atoms. The number of carbonyl (C=O) groups is 1. The maximum atomic E-state index is 11.9. The fourth-order valence-electron chi connectivity index (χ4n) is 2.49. The van der Waals surface area contributed by atoms with E-state index in [2.05, 4.69) is 44.9 Å². The number of cyclic esters (lactones) is 1. The third-order valence-electron chi connectivity index (χ3n) is 3.68. The second kappa shape index (κ2) is 6.29. The van der Waals surface area contributed by atoms with Crippen molar-refractivity contribution < 1.29 is 9.53 Å². The zero-order valence-electron chi connectivity index (χ0n) is 13.3. The van der Waals surface area contributed by atoms with Gasteiger partial charge in [-0.2, -0.15) is 10.1 Å². The predicted octanol–water partition coefficient (Wildman–Crippen LogP) is 3.86. The highest BCUT2D eigenvalue weighted by atomic mass is 16.6. The Morgan fingerprint density at radius 1 is 1.33 bits per heavy atom. The Morgan fingerprint density at radius 2 is 2.00 bits per heavy atom. The third kappa shape index (κ3) is 3.84. The van der Waals surface area contributed by atoms with Crippen molar-refractivity contribution in [1.82, 2.24) is 5.01 Å². The van der Waals surface area contributed by atoms with Crippen LogP contribution in [0.15, 0.2) is 35.4 Å². The van der Waals surface area contributed by atoms with Gasteiger partial charge in [0.15, 0.2) is 0 Å². The van der Waals surface area contributed by atoms with Crippen LogP contribution in [0.4, 0.5) is 4.79 Å². The molecule has 0 unspecified atom stereocenters. The topological polar surface area (TPSA) is 41.9 Å². The molecule has 2 rings (SSSR count). The zero-order chi connectivity index (χ0) is 15.5. The van der Waals surface area contributed by atoms with Gasteiger partial charge in [-0.3, -0.25) is 0 Å². The summed E-state index contributed by atoms with van der Waals surface area (Å²) in [6.07, 6.45) is 1.24. The van der Waals surface area contributed by atoms with Crippen LogP contribution >= 0.6 is 0 Å². The van der Waals surface area contributed by atoms with E-state index in [0.29, 0.717) is 6.61 Å². The highest BCUT2D eigenvalue weighted by molar-refractivity contribution is 5.89. The molecule has 1 aromatic carbocycles. The van der Waals surface area contributed by atoms with Gasteiger partial charge in [0, 0.05) is 11.1 Å². The number of amides is 1. The van der Waals surface area contributed by atoms with Crippen LogP contribution in [-0.4, -0.2) is 29.5 Å². The molecule has 1 aromatic rings. The minimum absolute atomic E-state index is 0.0243. The third-order valence-corrected chi connectivity index (χ3v) is 3.68. The summed E-state index contributed by atoms with van der Waals surface area (Å²) in [5, 5.41) is 6.12. The minimum atomic E-state index is -0.342. The molecule has 1 fully saturated rings. The quantitative estimate of drug-likeness (QED) is 0.789. The molecule has 1 aliphatic heterocycles. The minimum Gasteiger partial charge on any atom is -0.446 e. The van der Waals surface area contributed by atoms with Gasteiger partial charge in [0.1, 0.15) is 6.61 Å². The fraction of sp³-hybridized carbons (Fsp3) is 0.529. The molecule has 1 saturated heterocycles. The van der Waals surface area contributed by atoms with E-state index < -0.39 is 0 Å². The number of hydrazone groups is 1. The first-order valence-electron chi connectivity index (χ1n) is 7.49. The first-order valence-corrected chi connectivity index (χ1v) is 7.49. The van der Waals surface area contributed by atoms with Gasteiger partial charge in [-0.15, -0.1) is 0 Å². The molecule has 0 N–H and O–H groups in total. The van der Waals surface area contributed by atoms with E-state index in [0.717, 1.165) is 18.6 Å². The van der Waals surface area contributed by atoms with E-state index in [1.807, 2.05) is 18.2 Å². The lowest BCUT2D eigenvalue weighted by Crippen LogP contribution is -2.33. The van der Waals surface area contributed by atoms with E-state index in [4.69, 9.17) is 4.74 Å². The standard InChI is InChI=1S/C17H24N2O2/c1-5-15(17(2,3)4)18-19-14(12-21-16(19)20)11-13-9-7-6-8-10-13/h6-10,14H,5,11-12H2,1-4H3/b18-15+/t14-/m0/s1. The van der Waals surface area contributed by atoms with Gasteiger partial charge in [-0.05, 0) is 18.4 Å². The van der Waals surface area contributed by atoms with E-state index in [9.17, 15) is 4.79 Å². The highest BCUT2D eigenvalue weighted by Crippen LogP contribution is 2.23. The first kappa shape index (κ1) is 15.5. The van der Waals surface area contributed by atoms with Crippen molar-refractivity contribution in [3.05, 3.63) is 35.9 Å². The largest absolute Gasteiger partial charge is 0.446 e. The monoisotopic (exact) mass is 288 g/mol. The van der Waals surface area contributed by atoms with E-state index in [1.54, 1.807) is 0 Å². The maximum absolute atomic E-state index is 11.9.